The van der Waals surface area contributed by atoms with Gasteiger partial charge in [-0.2, -0.15) is 5.10 Å². The van der Waals surface area contributed by atoms with Crippen molar-refractivity contribution in [3.8, 4) is 0 Å². The van der Waals surface area contributed by atoms with E-state index in [1.54, 1.807) is 20.8 Å². The van der Waals surface area contributed by atoms with Gasteiger partial charge >= 0.3 is 12.1 Å². The minimum atomic E-state index is -1.03. The maximum absolute atomic E-state index is 12.3. The zero-order valence-corrected chi connectivity index (χ0v) is 17.7. The van der Waals surface area contributed by atoms with E-state index in [4.69, 9.17) is 4.74 Å². The van der Waals surface area contributed by atoms with Crippen LogP contribution in [0.15, 0.2) is 4.47 Å². The Morgan fingerprint density at radius 1 is 1.35 bits per heavy atom. The Hall–Kier alpha value is -1.57. The van der Waals surface area contributed by atoms with Gasteiger partial charge in [-0.05, 0) is 56.5 Å². The number of nitrogens with zero attached hydrogens (tertiary/aromatic N) is 3. The van der Waals surface area contributed by atoms with E-state index >= 15 is 0 Å². The maximum Gasteiger partial charge on any atom is 0.410 e. The lowest BCUT2D eigenvalue weighted by Gasteiger charge is -2.27. The molecule has 0 bridgehead atoms. The summed E-state index contributed by atoms with van der Waals surface area (Å²) in [5.74, 6) is -0.891. The molecule has 1 saturated heterocycles. The highest BCUT2D eigenvalue weighted by atomic mass is 79.9. The number of ether oxygens (including phenoxy) is 1. The van der Waals surface area contributed by atoms with Gasteiger partial charge in [0.1, 0.15) is 5.60 Å². The Bertz CT molecular complexity index is 695. The van der Waals surface area contributed by atoms with Crippen molar-refractivity contribution in [1.82, 2.24) is 14.7 Å². The molecule has 0 saturated carbocycles. The van der Waals surface area contributed by atoms with E-state index in [-0.39, 0.29) is 6.54 Å². The third-order valence-electron chi connectivity index (χ3n) is 4.66. The number of aliphatic carboxylic acids is 1. The van der Waals surface area contributed by atoms with Crippen LogP contribution in [-0.2, 0) is 28.9 Å². The summed E-state index contributed by atoms with van der Waals surface area (Å²) in [7, 11) is 0. The van der Waals surface area contributed by atoms with Crippen molar-refractivity contribution in [1.29, 1.82) is 0 Å². The summed E-state index contributed by atoms with van der Waals surface area (Å²) >= 11 is 3.59. The van der Waals surface area contributed by atoms with Crippen LogP contribution in [0.1, 0.15) is 52.4 Å². The Morgan fingerprint density at radius 2 is 2.00 bits per heavy atom. The lowest BCUT2D eigenvalue weighted by molar-refractivity contribution is -0.148. The van der Waals surface area contributed by atoms with E-state index in [9.17, 15) is 14.7 Å². The zero-order valence-electron chi connectivity index (χ0n) is 16.1. The average molecular weight is 430 g/mol. The molecule has 1 aliphatic heterocycles. The largest absolute Gasteiger partial charge is 0.481 e. The molecule has 7 nitrogen and oxygen atoms in total. The van der Waals surface area contributed by atoms with Gasteiger partial charge in [-0.15, -0.1) is 0 Å². The summed E-state index contributed by atoms with van der Waals surface area (Å²) in [5.41, 5.74) is 0.158. The first-order valence-corrected chi connectivity index (χ1v) is 9.77. The van der Waals surface area contributed by atoms with Crippen LogP contribution in [0.25, 0.3) is 0 Å². The van der Waals surface area contributed by atoms with Gasteiger partial charge in [-0.3, -0.25) is 9.48 Å². The van der Waals surface area contributed by atoms with Crippen LogP contribution >= 0.6 is 15.9 Å². The SMILES string of the molecule is CCc1nn(CC)c(CC2(C(=O)O)CCN(C(=O)OC(C)(C)C)C2)c1Br. The number of likely N-dealkylation sites (tertiary alicyclic amines) is 1. The van der Waals surface area contributed by atoms with Crippen molar-refractivity contribution in [2.24, 2.45) is 5.41 Å². The number of carboxylic acids is 1. The van der Waals surface area contributed by atoms with Crippen molar-refractivity contribution in [3.63, 3.8) is 0 Å². The summed E-state index contributed by atoms with van der Waals surface area (Å²) in [5, 5.41) is 14.5. The molecular weight excluding hydrogens is 402 g/mol. The molecule has 26 heavy (non-hydrogen) atoms. The van der Waals surface area contributed by atoms with E-state index in [0.717, 1.165) is 22.3 Å². The lowest BCUT2D eigenvalue weighted by Crippen LogP contribution is -2.41. The molecule has 2 heterocycles. The van der Waals surface area contributed by atoms with Gasteiger partial charge < -0.3 is 14.7 Å². The zero-order chi connectivity index (χ0) is 19.7. The Labute approximate surface area is 162 Å². The second kappa shape index (κ2) is 7.58. The third kappa shape index (κ3) is 4.22. The van der Waals surface area contributed by atoms with Gasteiger partial charge in [0.15, 0.2) is 0 Å². The second-order valence-corrected chi connectivity index (χ2v) is 8.58. The Balaban J connectivity index is 2.27. The van der Waals surface area contributed by atoms with Gasteiger partial charge in [-0.1, -0.05) is 6.92 Å². The number of hydrogen-bond acceptors (Lipinski definition) is 4. The molecule has 1 amide bonds. The number of carboxylic acid groups (broad SMARTS) is 1. The summed E-state index contributed by atoms with van der Waals surface area (Å²) in [6.45, 7) is 10.6. The number of carbonyl (C=O) groups excluding carboxylic acids is 1. The summed E-state index contributed by atoms with van der Waals surface area (Å²) in [6.07, 6.45) is 1.02. The second-order valence-electron chi connectivity index (χ2n) is 7.79. The smallest absolute Gasteiger partial charge is 0.410 e. The van der Waals surface area contributed by atoms with Crippen molar-refractivity contribution in [2.75, 3.05) is 13.1 Å². The summed E-state index contributed by atoms with van der Waals surface area (Å²) in [6, 6.07) is 0. The first kappa shape index (κ1) is 20.7. The number of aromatic nitrogens is 2. The van der Waals surface area contributed by atoms with Crippen LogP contribution in [0, 0.1) is 5.41 Å². The Kier molecular flexibility index (Phi) is 6.05. The van der Waals surface area contributed by atoms with E-state index in [1.807, 2.05) is 18.5 Å². The summed E-state index contributed by atoms with van der Waals surface area (Å²) < 4.78 is 8.13. The van der Waals surface area contributed by atoms with Crippen LogP contribution in [0.4, 0.5) is 4.79 Å². The van der Waals surface area contributed by atoms with Gasteiger partial charge in [0.25, 0.3) is 0 Å². The molecule has 1 aliphatic rings. The molecule has 1 fully saturated rings. The van der Waals surface area contributed by atoms with Gasteiger partial charge in [0.05, 0.1) is 21.3 Å². The predicted octanol–water partition coefficient (Wildman–Crippen LogP) is 3.48. The topological polar surface area (TPSA) is 84.7 Å². The van der Waals surface area contributed by atoms with Gasteiger partial charge in [0, 0.05) is 26.1 Å². The fourth-order valence-corrected chi connectivity index (χ4v) is 3.96. The standard InChI is InChI=1S/C18H28BrN3O4/c1-6-12-14(19)13(22(7-2)20-12)10-18(15(23)24)8-9-21(11-18)16(25)26-17(3,4)5/h6-11H2,1-5H3,(H,23,24). The minimum absolute atomic E-state index is 0.139. The lowest BCUT2D eigenvalue weighted by atomic mass is 9.82. The molecule has 0 spiro atoms. The minimum Gasteiger partial charge on any atom is -0.481 e. The van der Waals surface area contributed by atoms with Crippen LogP contribution in [0.3, 0.4) is 0 Å². The quantitative estimate of drug-likeness (QED) is 0.773. The molecule has 2 rings (SSSR count). The van der Waals surface area contributed by atoms with E-state index < -0.39 is 23.1 Å². The molecular formula is C18H28BrN3O4. The van der Waals surface area contributed by atoms with Gasteiger partial charge in [0.2, 0.25) is 0 Å². The molecule has 0 aliphatic carbocycles. The molecule has 1 unspecified atom stereocenters. The van der Waals surface area contributed by atoms with Crippen molar-refractivity contribution >= 4 is 28.0 Å². The van der Waals surface area contributed by atoms with Crippen molar-refractivity contribution in [3.05, 3.63) is 15.9 Å². The predicted molar refractivity (Wildman–Crippen MR) is 101 cm³/mol. The highest BCUT2D eigenvalue weighted by Crippen LogP contribution is 2.38. The molecule has 1 aromatic heterocycles. The van der Waals surface area contributed by atoms with E-state index in [0.29, 0.717) is 25.9 Å². The monoisotopic (exact) mass is 429 g/mol. The number of hydrogen-bond donors (Lipinski definition) is 1. The maximum atomic E-state index is 12.3. The normalized spacial score (nSPS) is 20.5. The number of halogens is 1. The molecule has 1 N–H and O–H groups in total. The van der Waals surface area contributed by atoms with Crippen molar-refractivity contribution < 1.29 is 19.4 Å². The fraction of sp³-hybridized carbons (Fsp3) is 0.722. The average Bonchev–Trinajstić information content (AvgIpc) is 3.10. The summed E-state index contributed by atoms with van der Waals surface area (Å²) in [4.78, 5) is 26.0. The first-order valence-electron chi connectivity index (χ1n) is 8.98. The molecule has 0 radical (unpaired) electrons. The molecule has 1 aromatic rings. The Morgan fingerprint density at radius 3 is 2.50 bits per heavy atom. The number of carbonyl (C=O) groups is 2. The third-order valence-corrected chi connectivity index (χ3v) is 5.57. The van der Waals surface area contributed by atoms with Gasteiger partial charge in [-0.25, -0.2) is 4.79 Å². The number of aryl methyl sites for hydroxylation is 2. The van der Waals surface area contributed by atoms with Crippen LogP contribution in [0.5, 0.6) is 0 Å². The molecule has 8 heteroatoms. The fourth-order valence-electron chi connectivity index (χ4n) is 3.26. The molecule has 0 aromatic carbocycles. The highest BCUT2D eigenvalue weighted by molar-refractivity contribution is 9.10. The number of amides is 1. The molecule has 1 atom stereocenters. The van der Waals surface area contributed by atoms with Crippen molar-refractivity contribution in [2.45, 2.75) is 66.0 Å². The van der Waals surface area contributed by atoms with E-state index in [1.165, 1.54) is 4.90 Å². The van der Waals surface area contributed by atoms with Crippen LogP contribution < -0.4 is 0 Å². The molecule has 146 valence electrons. The highest BCUT2D eigenvalue weighted by Gasteiger charge is 2.48. The van der Waals surface area contributed by atoms with E-state index in [2.05, 4.69) is 21.0 Å². The number of rotatable bonds is 5. The van der Waals surface area contributed by atoms with Crippen LogP contribution in [-0.4, -0.2) is 50.5 Å². The first-order chi connectivity index (χ1) is 12.0. The van der Waals surface area contributed by atoms with Crippen LogP contribution in [0.2, 0.25) is 0 Å².